The number of hydrogen-bond acceptors (Lipinski definition) is 1. The first-order valence-corrected chi connectivity index (χ1v) is 4.30. The van der Waals surface area contributed by atoms with Crippen LogP contribution < -0.4 is 4.90 Å². The monoisotopic (exact) mass is 165 g/mol. The first-order valence-electron chi connectivity index (χ1n) is 4.30. The summed E-state index contributed by atoms with van der Waals surface area (Å²) in [7, 11) is 0. The summed E-state index contributed by atoms with van der Waals surface area (Å²) in [5.41, 5.74) is 1.14. The Morgan fingerprint density at radius 2 is 2.00 bits per heavy atom. The number of halogens is 1. The Bertz CT molecular complexity index is 247. The van der Waals surface area contributed by atoms with E-state index < -0.39 is 6.17 Å². The van der Waals surface area contributed by atoms with Gasteiger partial charge in [0, 0.05) is 18.8 Å². The highest BCUT2D eigenvalue weighted by Crippen LogP contribution is 2.20. The van der Waals surface area contributed by atoms with Gasteiger partial charge in [-0.2, -0.15) is 0 Å². The van der Waals surface area contributed by atoms with Crippen LogP contribution in [0, 0.1) is 0 Å². The van der Waals surface area contributed by atoms with Crippen LogP contribution in [-0.4, -0.2) is 19.3 Å². The van der Waals surface area contributed by atoms with Crippen LogP contribution in [0.4, 0.5) is 10.1 Å². The molecule has 0 aliphatic carbocycles. The van der Waals surface area contributed by atoms with Crippen molar-refractivity contribution in [3.05, 3.63) is 30.3 Å². The van der Waals surface area contributed by atoms with E-state index >= 15 is 0 Å². The second kappa shape index (κ2) is 3.13. The maximum atomic E-state index is 12.8. The van der Waals surface area contributed by atoms with Gasteiger partial charge in [0.25, 0.3) is 0 Å². The quantitative estimate of drug-likeness (QED) is 0.616. The molecule has 2 rings (SSSR count). The van der Waals surface area contributed by atoms with Crippen LogP contribution in [0.5, 0.6) is 0 Å². The molecule has 1 aromatic carbocycles. The molecule has 0 N–H and O–H groups in total. The predicted molar refractivity (Wildman–Crippen MR) is 48.2 cm³/mol. The Labute approximate surface area is 71.8 Å². The molecule has 1 aromatic rings. The maximum Gasteiger partial charge on any atom is 0.119 e. The molecule has 1 fully saturated rings. The van der Waals surface area contributed by atoms with E-state index in [4.69, 9.17) is 0 Å². The fourth-order valence-electron chi connectivity index (χ4n) is 1.59. The second-order valence-corrected chi connectivity index (χ2v) is 3.17. The van der Waals surface area contributed by atoms with Gasteiger partial charge in [0.2, 0.25) is 0 Å². The third-order valence-electron chi connectivity index (χ3n) is 2.25. The van der Waals surface area contributed by atoms with E-state index in [9.17, 15) is 4.39 Å². The number of anilines is 1. The van der Waals surface area contributed by atoms with Crippen LogP contribution in [-0.2, 0) is 0 Å². The fraction of sp³-hybridized carbons (Fsp3) is 0.400. The smallest absolute Gasteiger partial charge is 0.119 e. The summed E-state index contributed by atoms with van der Waals surface area (Å²) in [5.74, 6) is 0. The Balaban J connectivity index is 2.11. The van der Waals surface area contributed by atoms with E-state index in [1.54, 1.807) is 0 Å². The molecule has 64 valence electrons. The van der Waals surface area contributed by atoms with Gasteiger partial charge in [-0.1, -0.05) is 18.2 Å². The summed E-state index contributed by atoms with van der Waals surface area (Å²) in [4.78, 5) is 2.09. The molecule has 1 aliphatic heterocycles. The highest BCUT2D eigenvalue weighted by molar-refractivity contribution is 5.46. The summed E-state index contributed by atoms with van der Waals surface area (Å²) in [6, 6.07) is 10.0. The predicted octanol–water partition coefficient (Wildman–Crippen LogP) is 2.23. The van der Waals surface area contributed by atoms with Crippen LogP contribution in [0.3, 0.4) is 0 Å². The van der Waals surface area contributed by atoms with Gasteiger partial charge < -0.3 is 4.90 Å². The minimum atomic E-state index is -0.634. The highest BCUT2D eigenvalue weighted by Gasteiger charge is 2.21. The van der Waals surface area contributed by atoms with Crippen LogP contribution in [0.2, 0.25) is 0 Å². The van der Waals surface area contributed by atoms with Crippen molar-refractivity contribution in [3.8, 4) is 0 Å². The lowest BCUT2D eigenvalue weighted by molar-refractivity contribution is 0.364. The summed E-state index contributed by atoms with van der Waals surface area (Å²) in [6.07, 6.45) is 0.0414. The summed E-state index contributed by atoms with van der Waals surface area (Å²) >= 11 is 0. The number of rotatable bonds is 1. The number of nitrogens with zero attached hydrogens (tertiary/aromatic N) is 1. The van der Waals surface area contributed by atoms with Crippen molar-refractivity contribution in [1.29, 1.82) is 0 Å². The number of para-hydroxylation sites is 1. The molecule has 1 saturated heterocycles. The van der Waals surface area contributed by atoms with Crippen LogP contribution in [0.15, 0.2) is 30.3 Å². The van der Waals surface area contributed by atoms with Crippen molar-refractivity contribution in [2.24, 2.45) is 0 Å². The normalized spacial score (nSPS) is 23.1. The van der Waals surface area contributed by atoms with Crippen molar-refractivity contribution in [1.82, 2.24) is 0 Å². The topological polar surface area (TPSA) is 3.24 Å². The zero-order chi connectivity index (χ0) is 8.39. The van der Waals surface area contributed by atoms with Crippen molar-refractivity contribution in [2.45, 2.75) is 12.6 Å². The number of benzene rings is 1. The minimum absolute atomic E-state index is 0.560. The molecule has 0 bridgehead atoms. The molecular formula is C10H12FN. The van der Waals surface area contributed by atoms with Crippen molar-refractivity contribution in [2.75, 3.05) is 18.0 Å². The Hall–Kier alpha value is -1.05. The average Bonchev–Trinajstić information content (AvgIpc) is 2.54. The SMILES string of the molecule is FC1CCN(c2ccccc2)C1. The van der Waals surface area contributed by atoms with Gasteiger partial charge in [-0.15, -0.1) is 0 Å². The van der Waals surface area contributed by atoms with Gasteiger partial charge in [0.05, 0.1) is 0 Å². The van der Waals surface area contributed by atoms with Gasteiger partial charge in [-0.25, -0.2) is 4.39 Å². The van der Waals surface area contributed by atoms with Crippen LogP contribution >= 0.6 is 0 Å². The molecule has 12 heavy (non-hydrogen) atoms. The van der Waals surface area contributed by atoms with Crippen molar-refractivity contribution < 1.29 is 4.39 Å². The molecule has 0 amide bonds. The summed E-state index contributed by atoms with van der Waals surface area (Å²) in [5, 5.41) is 0. The molecule has 1 heterocycles. The van der Waals surface area contributed by atoms with Gasteiger partial charge in [0.15, 0.2) is 0 Å². The third kappa shape index (κ3) is 1.42. The van der Waals surface area contributed by atoms with E-state index in [1.807, 2.05) is 30.3 Å². The molecule has 0 radical (unpaired) electrons. The molecule has 0 saturated carbocycles. The Kier molecular flexibility index (Phi) is 1.98. The van der Waals surface area contributed by atoms with E-state index in [0.29, 0.717) is 13.0 Å². The lowest BCUT2D eigenvalue weighted by Gasteiger charge is -2.16. The Morgan fingerprint density at radius 3 is 2.58 bits per heavy atom. The molecule has 2 heteroatoms. The summed E-state index contributed by atoms with van der Waals surface area (Å²) in [6.45, 7) is 1.41. The molecular weight excluding hydrogens is 153 g/mol. The van der Waals surface area contributed by atoms with E-state index in [0.717, 1.165) is 12.2 Å². The van der Waals surface area contributed by atoms with Gasteiger partial charge in [-0.3, -0.25) is 0 Å². The van der Waals surface area contributed by atoms with E-state index in [-0.39, 0.29) is 0 Å². The minimum Gasteiger partial charge on any atom is -0.369 e. The van der Waals surface area contributed by atoms with E-state index in [1.165, 1.54) is 0 Å². The lowest BCUT2D eigenvalue weighted by atomic mass is 10.3. The largest absolute Gasteiger partial charge is 0.369 e. The number of hydrogen-bond donors (Lipinski definition) is 0. The van der Waals surface area contributed by atoms with Gasteiger partial charge in [0.1, 0.15) is 6.17 Å². The second-order valence-electron chi connectivity index (χ2n) is 3.17. The fourth-order valence-corrected chi connectivity index (χ4v) is 1.59. The molecule has 1 nitrogen and oxygen atoms in total. The zero-order valence-corrected chi connectivity index (χ0v) is 6.91. The first kappa shape index (κ1) is 7.59. The summed E-state index contributed by atoms with van der Waals surface area (Å²) < 4.78 is 12.8. The molecule has 1 aliphatic rings. The number of alkyl halides is 1. The molecule has 1 unspecified atom stereocenters. The maximum absolute atomic E-state index is 12.8. The Morgan fingerprint density at radius 1 is 1.25 bits per heavy atom. The van der Waals surface area contributed by atoms with Gasteiger partial charge >= 0.3 is 0 Å². The highest BCUT2D eigenvalue weighted by atomic mass is 19.1. The van der Waals surface area contributed by atoms with Crippen molar-refractivity contribution in [3.63, 3.8) is 0 Å². The zero-order valence-electron chi connectivity index (χ0n) is 6.91. The molecule has 1 atom stereocenters. The third-order valence-corrected chi connectivity index (χ3v) is 2.25. The molecule has 0 spiro atoms. The van der Waals surface area contributed by atoms with E-state index in [2.05, 4.69) is 4.90 Å². The van der Waals surface area contributed by atoms with Crippen LogP contribution in [0.1, 0.15) is 6.42 Å². The first-order chi connectivity index (χ1) is 5.86. The lowest BCUT2D eigenvalue weighted by Crippen LogP contribution is -2.19. The van der Waals surface area contributed by atoms with Crippen molar-refractivity contribution >= 4 is 5.69 Å². The molecule has 0 aromatic heterocycles. The van der Waals surface area contributed by atoms with Gasteiger partial charge in [-0.05, 0) is 18.6 Å². The standard InChI is InChI=1S/C10H12FN/c11-9-6-7-12(8-9)10-4-2-1-3-5-10/h1-5,9H,6-8H2. The average molecular weight is 165 g/mol. The van der Waals surface area contributed by atoms with Crippen LogP contribution in [0.25, 0.3) is 0 Å².